The number of nitrogens with two attached hydrogens (primary N) is 1. The Morgan fingerprint density at radius 2 is 1.94 bits per heavy atom. The Bertz CT molecular complexity index is 1130. The topological polar surface area (TPSA) is 55.6 Å². The molecule has 0 aromatic heterocycles. The van der Waals surface area contributed by atoms with Crippen LogP contribution < -0.4 is 5.73 Å². The molecule has 2 N–H and O–H groups in total. The summed E-state index contributed by atoms with van der Waals surface area (Å²) in [6.07, 6.45) is 4.33. The Kier molecular flexibility index (Phi) is 5.99. The van der Waals surface area contributed by atoms with Crippen molar-refractivity contribution in [1.82, 2.24) is 4.90 Å². The number of nitrogens with zero attached hydrogens (tertiary/aromatic N) is 1. The molecule has 1 unspecified atom stereocenters. The van der Waals surface area contributed by atoms with E-state index < -0.39 is 0 Å². The zero-order valence-electron chi connectivity index (χ0n) is 18.8. The van der Waals surface area contributed by atoms with Crippen LogP contribution in [-0.2, 0) is 11.2 Å². The van der Waals surface area contributed by atoms with Crippen LogP contribution in [0.25, 0.3) is 10.8 Å². The van der Waals surface area contributed by atoms with Gasteiger partial charge in [-0.1, -0.05) is 48.5 Å². The monoisotopic (exact) mass is 428 g/mol. The zero-order valence-corrected chi connectivity index (χ0v) is 18.8. The molecular weight excluding hydrogens is 396 g/mol. The summed E-state index contributed by atoms with van der Waals surface area (Å²) in [5.41, 5.74) is 9.96. The lowest BCUT2D eigenvalue weighted by Gasteiger charge is -2.39. The molecule has 2 heterocycles. The number of hydrogen-bond donors (Lipinski definition) is 1. The number of primary amides is 1. The number of rotatable bonds is 5. The minimum Gasteiger partial charge on any atom is -0.373 e. The third-order valence-corrected chi connectivity index (χ3v) is 7.40. The van der Waals surface area contributed by atoms with Gasteiger partial charge in [-0.3, -0.25) is 4.79 Å². The van der Waals surface area contributed by atoms with E-state index in [1.54, 1.807) is 0 Å². The quantitative estimate of drug-likeness (QED) is 0.607. The second kappa shape index (κ2) is 9.05. The SMILES string of the molecule is C[C@@H]1C[C@@H](c2ccc3ccccc3c2)CCN1CCC1OCCc2cc(C(N)=O)ccc21. The number of carbonyl (C=O) groups excluding carboxylic acids is 1. The predicted octanol–water partition coefficient (Wildman–Crippen LogP) is 5.21. The summed E-state index contributed by atoms with van der Waals surface area (Å²) in [4.78, 5) is 14.1. The standard InChI is InChI=1S/C28H32N2O2/c1-19-16-23(22-7-6-20-4-2-3-5-21(20)17-22)10-13-30(19)14-11-27-26-9-8-25(28(29)31)18-24(26)12-15-32-27/h2-9,17-19,23,27H,10-16H2,1H3,(H2,29,31)/t19-,23+,27?/m1/s1. The normalized spacial score (nSPS) is 23.7. The summed E-state index contributed by atoms with van der Waals surface area (Å²) in [7, 11) is 0. The van der Waals surface area contributed by atoms with E-state index in [1.165, 1.54) is 40.3 Å². The van der Waals surface area contributed by atoms with E-state index in [9.17, 15) is 4.79 Å². The number of amides is 1. The van der Waals surface area contributed by atoms with E-state index in [2.05, 4.69) is 54.3 Å². The van der Waals surface area contributed by atoms with Gasteiger partial charge in [-0.05, 0) is 84.7 Å². The van der Waals surface area contributed by atoms with E-state index in [-0.39, 0.29) is 12.0 Å². The third kappa shape index (κ3) is 4.30. The maximum absolute atomic E-state index is 11.5. The molecule has 1 saturated heterocycles. The van der Waals surface area contributed by atoms with Crippen molar-refractivity contribution >= 4 is 16.7 Å². The van der Waals surface area contributed by atoms with Crippen LogP contribution >= 0.6 is 0 Å². The minimum atomic E-state index is -0.362. The first-order chi connectivity index (χ1) is 15.6. The van der Waals surface area contributed by atoms with Gasteiger partial charge in [0.1, 0.15) is 0 Å². The molecule has 0 aliphatic carbocycles. The van der Waals surface area contributed by atoms with Crippen LogP contribution in [0.15, 0.2) is 60.7 Å². The van der Waals surface area contributed by atoms with Crippen molar-refractivity contribution in [3.63, 3.8) is 0 Å². The van der Waals surface area contributed by atoms with Crippen LogP contribution in [-0.4, -0.2) is 36.5 Å². The molecular formula is C28H32N2O2. The summed E-state index contributed by atoms with van der Waals surface area (Å²) < 4.78 is 6.12. The fraction of sp³-hybridized carbons (Fsp3) is 0.393. The van der Waals surface area contributed by atoms with Gasteiger partial charge < -0.3 is 15.4 Å². The van der Waals surface area contributed by atoms with Crippen LogP contribution in [0.3, 0.4) is 0 Å². The maximum atomic E-state index is 11.5. The van der Waals surface area contributed by atoms with Crippen molar-refractivity contribution in [2.45, 2.75) is 50.7 Å². The molecule has 1 fully saturated rings. The average molecular weight is 429 g/mol. The number of ether oxygens (including phenoxy) is 1. The number of fused-ring (bicyclic) bond motifs is 2. The molecule has 0 radical (unpaired) electrons. The van der Waals surface area contributed by atoms with E-state index in [0.29, 0.717) is 24.1 Å². The molecule has 32 heavy (non-hydrogen) atoms. The summed E-state index contributed by atoms with van der Waals surface area (Å²) in [5.74, 6) is 0.267. The van der Waals surface area contributed by atoms with Crippen LogP contribution in [0.2, 0.25) is 0 Å². The second-order valence-corrected chi connectivity index (χ2v) is 9.39. The van der Waals surface area contributed by atoms with E-state index in [4.69, 9.17) is 10.5 Å². The molecule has 3 aromatic carbocycles. The highest BCUT2D eigenvalue weighted by Gasteiger charge is 2.28. The number of likely N-dealkylation sites (tertiary alicyclic amines) is 1. The molecule has 5 rings (SSSR count). The number of piperidine rings is 1. The van der Waals surface area contributed by atoms with Crippen molar-refractivity contribution in [3.05, 3.63) is 82.9 Å². The Morgan fingerprint density at radius 1 is 1.09 bits per heavy atom. The van der Waals surface area contributed by atoms with E-state index >= 15 is 0 Å². The van der Waals surface area contributed by atoms with E-state index in [1.807, 2.05) is 18.2 Å². The zero-order chi connectivity index (χ0) is 22.1. The van der Waals surface area contributed by atoms with Gasteiger partial charge in [0.05, 0.1) is 12.7 Å². The minimum absolute atomic E-state index is 0.103. The Balaban J connectivity index is 1.21. The summed E-state index contributed by atoms with van der Waals surface area (Å²) >= 11 is 0. The fourth-order valence-electron chi connectivity index (χ4n) is 5.53. The molecule has 0 saturated carbocycles. The van der Waals surface area contributed by atoms with Crippen molar-refractivity contribution in [3.8, 4) is 0 Å². The highest BCUT2D eigenvalue weighted by molar-refractivity contribution is 5.93. The fourth-order valence-corrected chi connectivity index (χ4v) is 5.53. The van der Waals surface area contributed by atoms with Crippen molar-refractivity contribution < 1.29 is 9.53 Å². The van der Waals surface area contributed by atoms with Gasteiger partial charge in [0.2, 0.25) is 5.91 Å². The van der Waals surface area contributed by atoms with Crippen molar-refractivity contribution in [1.29, 1.82) is 0 Å². The van der Waals surface area contributed by atoms with Crippen LogP contribution in [0.1, 0.15) is 65.3 Å². The Hall–Kier alpha value is -2.69. The van der Waals surface area contributed by atoms with Crippen LogP contribution in [0, 0.1) is 0 Å². The van der Waals surface area contributed by atoms with Crippen LogP contribution in [0.4, 0.5) is 0 Å². The maximum Gasteiger partial charge on any atom is 0.248 e. The third-order valence-electron chi connectivity index (χ3n) is 7.40. The summed E-state index contributed by atoms with van der Waals surface area (Å²) in [6, 6.07) is 22.0. The van der Waals surface area contributed by atoms with E-state index in [0.717, 1.165) is 25.9 Å². The molecule has 4 nitrogen and oxygen atoms in total. The lowest BCUT2D eigenvalue weighted by atomic mass is 9.84. The largest absolute Gasteiger partial charge is 0.373 e. The van der Waals surface area contributed by atoms with Crippen LogP contribution in [0.5, 0.6) is 0 Å². The average Bonchev–Trinajstić information content (AvgIpc) is 2.82. The Labute approximate surface area is 190 Å². The smallest absolute Gasteiger partial charge is 0.248 e. The second-order valence-electron chi connectivity index (χ2n) is 9.39. The van der Waals surface area contributed by atoms with Crippen molar-refractivity contribution in [2.24, 2.45) is 5.73 Å². The van der Waals surface area contributed by atoms with Gasteiger partial charge in [0, 0.05) is 18.2 Å². The first-order valence-electron chi connectivity index (χ1n) is 11.9. The number of hydrogen-bond acceptors (Lipinski definition) is 3. The predicted molar refractivity (Wildman–Crippen MR) is 129 cm³/mol. The molecule has 166 valence electrons. The first-order valence-corrected chi connectivity index (χ1v) is 11.9. The molecule has 0 bridgehead atoms. The first kappa shape index (κ1) is 21.2. The van der Waals surface area contributed by atoms with Gasteiger partial charge in [-0.25, -0.2) is 0 Å². The molecule has 3 atom stereocenters. The highest BCUT2D eigenvalue weighted by atomic mass is 16.5. The number of benzene rings is 3. The summed E-state index contributed by atoms with van der Waals surface area (Å²) in [5, 5.41) is 2.66. The molecule has 2 aliphatic heterocycles. The molecule has 2 aliphatic rings. The van der Waals surface area contributed by atoms with Gasteiger partial charge in [-0.2, -0.15) is 0 Å². The van der Waals surface area contributed by atoms with Gasteiger partial charge in [-0.15, -0.1) is 0 Å². The van der Waals surface area contributed by atoms with Gasteiger partial charge in [0.15, 0.2) is 0 Å². The van der Waals surface area contributed by atoms with Gasteiger partial charge >= 0.3 is 0 Å². The molecule has 3 aromatic rings. The lowest BCUT2D eigenvalue weighted by Crippen LogP contribution is -2.41. The molecule has 1 amide bonds. The molecule has 0 spiro atoms. The molecule has 4 heteroatoms. The summed E-state index contributed by atoms with van der Waals surface area (Å²) in [6.45, 7) is 5.23. The van der Waals surface area contributed by atoms with Crippen molar-refractivity contribution in [2.75, 3.05) is 19.7 Å². The number of carbonyl (C=O) groups is 1. The van der Waals surface area contributed by atoms with Gasteiger partial charge in [0.25, 0.3) is 0 Å². The Morgan fingerprint density at radius 3 is 2.75 bits per heavy atom. The highest BCUT2D eigenvalue weighted by Crippen LogP contribution is 2.35. The lowest BCUT2D eigenvalue weighted by molar-refractivity contribution is 0.0226.